The lowest BCUT2D eigenvalue weighted by Gasteiger charge is -2.20. The van der Waals surface area contributed by atoms with Crippen LogP contribution in [0.1, 0.15) is 44.1 Å². The highest BCUT2D eigenvalue weighted by molar-refractivity contribution is 7.99. The number of benzene rings is 1. The zero-order valence-corrected chi connectivity index (χ0v) is 20.0. The lowest BCUT2D eigenvalue weighted by Crippen LogP contribution is -2.32. The molecule has 1 aliphatic rings. The van der Waals surface area contributed by atoms with E-state index in [1.165, 1.54) is 28.6 Å². The molecule has 1 unspecified atom stereocenters. The molecule has 0 spiro atoms. The number of fused-ring (bicyclic) bond motifs is 3. The fraction of sp³-hybridized carbons (Fsp3) is 0.458. The van der Waals surface area contributed by atoms with Gasteiger partial charge in [0.05, 0.1) is 16.8 Å². The first-order chi connectivity index (χ1) is 15.1. The van der Waals surface area contributed by atoms with Gasteiger partial charge in [0.25, 0.3) is 5.56 Å². The van der Waals surface area contributed by atoms with Crippen molar-refractivity contribution >= 4 is 39.2 Å². The maximum Gasteiger partial charge on any atom is 0.267 e. The molecule has 7 heteroatoms. The number of carbonyl (C=O) groups excluding carboxylic acids is 1. The lowest BCUT2D eigenvalue weighted by molar-refractivity contribution is -0.127. The zero-order chi connectivity index (χ0) is 22.0. The van der Waals surface area contributed by atoms with Crippen LogP contribution in [0.2, 0.25) is 0 Å². The summed E-state index contributed by atoms with van der Waals surface area (Å²) in [7, 11) is 0. The molecule has 1 atom stereocenters. The van der Waals surface area contributed by atoms with Crippen molar-refractivity contribution in [2.75, 3.05) is 18.8 Å². The van der Waals surface area contributed by atoms with Gasteiger partial charge in [-0.1, -0.05) is 43.3 Å². The van der Waals surface area contributed by atoms with E-state index in [4.69, 9.17) is 4.98 Å². The van der Waals surface area contributed by atoms with Gasteiger partial charge in [-0.25, -0.2) is 4.98 Å². The summed E-state index contributed by atoms with van der Waals surface area (Å²) in [5.74, 6) is 1.04. The van der Waals surface area contributed by atoms with Gasteiger partial charge < -0.3 is 4.90 Å². The van der Waals surface area contributed by atoms with E-state index in [2.05, 4.69) is 6.92 Å². The molecular weight excluding hydrogens is 426 g/mol. The van der Waals surface area contributed by atoms with Crippen molar-refractivity contribution < 1.29 is 4.79 Å². The fourth-order valence-electron chi connectivity index (χ4n) is 4.32. The number of aromatic nitrogens is 2. The first-order valence-electron chi connectivity index (χ1n) is 11.1. The highest BCUT2D eigenvalue weighted by Crippen LogP contribution is 2.37. The second-order valence-corrected chi connectivity index (χ2v) is 9.95. The molecule has 0 N–H and O–H groups in total. The SMILES string of the molecule is CCC1CCc2c(sc3nc(SCC(=O)N(CC)CC)n(-c4ccccc4)c(=O)c23)C1. The lowest BCUT2D eigenvalue weighted by atomic mass is 9.86. The third-order valence-corrected chi connectivity index (χ3v) is 8.26. The van der Waals surface area contributed by atoms with E-state index < -0.39 is 0 Å². The maximum atomic E-state index is 13.7. The average molecular weight is 456 g/mol. The molecule has 1 amide bonds. The summed E-state index contributed by atoms with van der Waals surface area (Å²) in [4.78, 5) is 35.2. The van der Waals surface area contributed by atoms with Gasteiger partial charge in [0.1, 0.15) is 4.83 Å². The third kappa shape index (κ3) is 4.30. The number of hydrogen-bond donors (Lipinski definition) is 0. The minimum atomic E-state index is -0.0126. The van der Waals surface area contributed by atoms with E-state index in [0.29, 0.717) is 24.2 Å². The maximum absolute atomic E-state index is 13.7. The van der Waals surface area contributed by atoms with Crippen LogP contribution in [0.15, 0.2) is 40.3 Å². The second-order valence-electron chi connectivity index (χ2n) is 7.93. The van der Waals surface area contributed by atoms with Gasteiger partial charge in [-0.05, 0) is 56.7 Å². The molecule has 3 aromatic rings. The van der Waals surface area contributed by atoms with E-state index in [1.54, 1.807) is 15.9 Å². The summed E-state index contributed by atoms with van der Waals surface area (Å²) in [6, 6.07) is 9.65. The molecule has 5 nitrogen and oxygen atoms in total. The monoisotopic (exact) mass is 455 g/mol. The number of thiophene rings is 1. The Morgan fingerprint density at radius 2 is 1.97 bits per heavy atom. The minimum Gasteiger partial charge on any atom is -0.343 e. The predicted octanol–water partition coefficient (Wildman–Crippen LogP) is 4.92. The first kappa shape index (κ1) is 22.1. The Morgan fingerprint density at radius 3 is 2.65 bits per heavy atom. The number of aryl methyl sites for hydroxylation is 1. The number of thioether (sulfide) groups is 1. The van der Waals surface area contributed by atoms with Gasteiger partial charge in [0.2, 0.25) is 5.91 Å². The summed E-state index contributed by atoms with van der Waals surface area (Å²) < 4.78 is 1.70. The number of carbonyl (C=O) groups is 1. The number of hydrogen-bond acceptors (Lipinski definition) is 5. The third-order valence-electron chi connectivity index (χ3n) is 6.19. The first-order valence-corrected chi connectivity index (χ1v) is 12.9. The molecule has 2 heterocycles. The average Bonchev–Trinajstić information content (AvgIpc) is 3.16. The van der Waals surface area contributed by atoms with E-state index in [0.717, 1.165) is 35.2 Å². The second kappa shape index (κ2) is 9.57. The van der Waals surface area contributed by atoms with Crippen LogP contribution >= 0.6 is 23.1 Å². The number of rotatable bonds is 7. The van der Waals surface area contributed by atoms with Crippen LogP contribution in [0, 0.1) is 5.92 Å². The van der Waals surface area contributed by atoms with Gasteiger partial charge in [-0.2, -0.15) is 0 Å². The topological polar surface area (TPSA) is 55.2 Å². The number of nitrogens with zero attached hydrogens (tertiary/aromatic N) is 3. The summed E-state index contributed by atoms with van der Waals surface area (Å²) in [6.07, 6.45) is 4.30. The van der Waals surface area contributed by atoms with Gasteiger partial charge >= 0.3 is 0 Å². The van der Waals surface area contributed by atoms with E-state index in [9.17, 15) is 9.59 Å². The highest BCUT2D eigenvalue weighted by atomic mass is 32.2. The Labute approximate surface area is 191 Å². The van der Waals surface area contributed by atoms with Crippen LogP contribution in [0.4, 0.5) is 0 Å². The van der Waals surface area contributed by atoms with Crippen LogP contribution in [0.3, 0.4) is 0 Å². The summed E-state index contributed by atoms with van der Waals surface area (Å²) in [6.45, 7) is 7.57. The van der Waals surface area contributed by atoms with Crippen LogP contribution in [-0.2, 0) is 17.6 Å². The molecule has 1 aliphatic carbocycles. The van der Waals surface area contributed by atoms with Gasteiger partial charge in [-0.3, -0.25) is 14.2 Å². The van der Waals surface area contributed by atoms with Crippen molar-refractivity contribution in [2.45, 2.75) is 51.6 Å². The van der Waals surface area contributed by atoms with E-state index in [1.807, 2.05) is 49.1 Å². The van der Waals surface area contributed by atoms with Crippen LogP contribution < -0.4 is 5.56 Å². The van der Waals surface area contributed by atoms with Crippen molar-refractivity contribution in [3.8, 4) is 5.69 Å². The summed E-state index contributed by atoms with van der Waals surface area (Å²) in [5.41, 5.74) is 1.98. The van der Waals surface area contributed by atoms with Crippen molar-refractivity contribution in [1.29, 1.82) is 0 Å². The highest BCUT2D eigenvalue weighted by Gasteiger charge is 2.26. The largest absolute Gasteiger partial charge is 0.343 e. The molecule has 0 bridgehead atoms. The zero-order valence-electron chi connectivity index (χ0n) is 18.4. The quantitative estimate of drug-likeness (QED) is 0.375. The van der Waals surface area contributed by atoms with Crippen LogP contribution in [0.25, 0.3) is 15.9 Å². The molecular formula is C24H29N3O2S2. The Morgan fingerprint density at radius 1 is 1.23 bits per heavy atom. The summed E-state index contributed by atoms with van der Waals surface area (Å²) >= 11 is 3.02. The van der Waals surface area contributed by atoms with Gasteiger partial charge in [0.15, 0.2) is 5.16 Å². The predicted molar refractivity (Wildman–Crippen MR) is 130 cm³/mol. The van der Waals surface area contributed by atoms with E-state index in [-0.39, 0.29) is 17.2 Å². The Bertz CT molecular complexity index is 1130. The molecule has 4 rings (SSSR count). The number of amides is 1. The molecule has 1 aromatic carbocycles. The van der Waals surface area contributed by atoms with Gasteiger partial charge in [0, 0.05) is 18.0 Å². The summed E-state index contributed by atoms with van der Waals surface area (Å²) in [5, 5.41) is 1.37. The van der Waals surface area contributed by atoms with Crippen molar-refractivity contribution in [3.63, 3.8) is 0 Å². The molecule has 0 radical (unpaired) electrons. The molecule has 31 heavy (non-hydrogen) atoms. The smallest absolute Gasteiger partial charge is 0.267 e. The van der Waals surface area contributed by atoms with Crippen molar-refractivity contribution in [3.05, 3.63) is 51.1 Å². The molecule has 0 saturated carbocycles. The molecule has 0 saturated heterocycles. The Kier molecular flexibility index (Phi) is 6.82. The van der Waals surface area contributed by atoms with Crippen molar-refractivity contribution in [2.24, 2.45) is 5.92 Å². The molecule has 0 aliphatic heterocycles. The Balaban J connectivity index is 1.81. The standard InChI is InChI=1S/C24H29N3O2S2/c1-4-16-12-13-18-19(14-16)31-22-21(18)23(29)27(17-10-8-7-9-11-17)24(25-22)30-15-20(28)26(5-2)6-3/h7-11,16H,4-6,12-15H2,1-3H3. The van der Waals surface area contributed by atoms with Gasteiger partial charge in [-0.15, -0.1) is 11.3 Å². The molecule has 164 valence electrons. The normalized spacial score (nSPS) is 15.8. The van der Waals surface area contributed by atoms with Crippen molar-refractivity contribution in [1.82, 2.24) is 14.5 Å². The molecule has 2 aromatic heterocycles. The molecule has 0 fully saturated rings. The van der Waals surface area contributed by atoms with Crippen LogP contribution in [0.5, 0.6) is 0 Å². The van der Waals surface area contributed by atoms with Crippen LogP contribution in [-0.4, -0.2) is 39.2 Å². The Hall–Kier alpha value is -2.12. The fourth-order valence-corrected chi connectivity index (χ4v) is 6.61. The van der Waals surface area contributed by atoms with E-state index >= 15 is 0 Å². The minimum absolute atomic E-state index is 0.0126. The number of para-hydroxylation sites is 1.